The molecule has 0 aliphatic carbocycles. The van der Waals surface area contributed by atoms with Gasteiger partial charge in [0.25, 0.3) is 0 Å². The fourth-order valence-corrected chi connectivity index (χ4v) is 3.47. The van der Waals surface area contributed by atoms with Gasteiger partial charge in [0.15, 0.2) is 0 Å². The number of nitrogens with one attached hydrogen (secondary N) is 1. The van der Waals surface area contributed by atoms with Gasteiger partial charge < -0.3 is 4.74 Å². The minimum Gasteiger partial charge on any atom is -0.493 e. The van der Waals surface area contributed by atoms with Crippen LogP contribution in [0.3, 0.4) is 0 Å². The molecule has 0 amide bonds. The Labute approximate surface area is 122 Å². The molecule has 106 valence electrons. The van der Waals surface area contributed by atoms with Gasteiger partial charge in [0.05, 0.1) is 23.2 Å². The number of nitrogens with two attached hydrogens (primary N) is 1. The largest absolute Gasteiger partial charge is 0.493 e. The number of benzene rings is 1. The summed E-state index contributed by atoms with van der Waals surface area (Å²) in [5, 5.41) is 4.07. The molecule has 1 aromatic heterocycles. The Bertz CT molecular complexity index is 586. The molecule has 0 spiro atoms. The first-order valence-corrected chi connectivity index (χ1v) is 7.53. The molecule has 1 aliphatic rings. The van der Waals surface area contributed by atoms with E-state index in [1.807, 2.05) is 19.1 Å². The number of fused-ring (bicyclic) bond motifs is 1. The van der Waals surface area contributed by atoms with Crippen LogP contribution in [0, 0.1) is 6.92 Å². The monoisotopic (exact) mass is 290 g/mol. The van der Waals surface area contributed by atoms with E-state index in [-0.39, 0.29) is 6.04 Å². The first kappa shape index (κ1) is 13.5. The molecule has 0 bridgehead atoms. The minimum atomic E-state index is 0.0890. The molecule has 0 fully saturated rings. The van der Waals surface area contributed by atoms with Crippen LogP contribution < -0.4 is 16.0 Å². The third-order valence-corrected chi connectivity index (χ3v) is 4.75. The Morgan fingerprint density at radius 1 is 1.50 bits per heavy atom. The van der Waals surface area contributed by atoms with Gasteiger partial charge in [-0.05, 0) is 48.8 Å². The van der Waals surface area contributed by atoms with Crippen LogP contribution in [0.15, 0.2) is 24.3 Å². The predicted molar refractivity (Wildman–Crippen MR) is 78.6 cm³/mol. The summed E-state index contributed by atoms with van der Waals surface area (Å²) >= 11 is 1.42. The van der Waals surface area contributed by atoms with Crippen LogP contribution in [-0.4, -0.2) is 16.2 Å². The van der Waals surface area contributed by atoms with Crippen molar-refractivity contribution in [2.75, 3.05) is 6.61 Å². The van der Waals surface area contributed by atoms with Gasteiger partial charge in [-0.15, -0.1) is 5.10 Å². The van der Waals surface area contributed by atoms with Gasteiger partial charge in [0, 0.05) is 0 Å². The molecule has 2 aromatic rings. The molecule has 0 saturated heterocycles. The molecule has 2 atom stereocenters. The van der Waals surface area contributed by atoms with E-state index in [0.717, 1.165) is 35.8 Å². The maximum atomic E-state index is 5.74. The number of nitrogens with zero attached hydrogens (tertiary/aromatic N) is 2. The molecule has 1 aliphatic heterocycles. The Kier molecular flexibility index (Phi) is 3.95. The first-order valence-electron chi connectivity index (χ1n) is 6.76. The summed E-state index contributed by atoms with van der Waals surface area (Å²) < 4.78 is 9.71. The second-order valence-corrected chi connectivity index (χ2v) is 5.84. The Morgan fingerprint density at radius 3 is 3.10 bits per heavy atom. The number of hydrazine groups is 1. The lowest BCUT2D eigenvalue weighted by atomic mass is 9.87. The molecule has 2 unspecified atom stereocenters. The van der Waals surface area contributed by atoms with Gasteiger partial charge in [-0.25, -0.2) is 0 Å². The van der Waals surface area contributed by atoms with Crippen molar-refractivity contribution in [3.63, 3.8) is 0 Å². The molecular weight excluding hydrogens is 272 g/mol. The molecule has 3 N–H and O–H groups in total. The second-order valence-electron chi connectivity index (χ2n) is 5.05. The zero-order valence-electron chi connectivity index (χ0n) is 11.4. The van der Waals surface area contributed by atoms with Crippen LogP contribution in [0.5, 0.6) is 5.75 Å². The van der Waals surface area contributed by atoms with Crippen LogP contribution in [0.2, 0.25) is 0 Å². The van der Waals surface area contributed by atoms with E-state index < -0.39 is 0 Å². The highest BCUT2D eigenvalue weighted by molar-refractivity contribution is 7.05. The lowest BCUT2D eigenvalue weighted by molar-refractivity contribution is 0.255. The van der Waals surface area contributed by atoms with Crippen LogP contribution in [0.4, 0.5) is 0 Å². The maximum Gasteiger partial charge on any atom is 0.122 e. The Hall–Kier alpha value is -1.50. The molecule has 5 nitrogen and oxygen atoms in total. The van der Waals surface area contributed by atoms with Crippen LogP contribution in [0.25, 0.3) is 0 Å². The predicted octanol–water partition coefficient (Wildman–Crippen LogP) is 2.31. The summed E-state index contributed by atoms with van der Waals surface area (Å²) in [6, 6.07) is 8.34. The standard InChI is InChI=1S/C14H18N4OS/c1-9-14(20-18-17-9)12(16-15)8-10-6-7-19-13-5-3-2-4-11(10)13/h2-5,10,12,16H,6-8,15H2,1H3. The molecule has 0 radical (unpaired) electrons. The van der Waals surface area contributed by atoms with Crippen molar-refractivity contribution in [2.24, 2.45) is 5.84 Å². The molecular formula is C14H18N4OS. The van der Waals surface area contributed by atoms with Gasteiger partial charge in [-0.3, -0.25) is 11.3 Å². The molecule has 6 heteroatoms. The van der Waals surface area contributed by atoms with Crippen molar-refractivity contribution in [3.05, 3.63) is 40.4 Å². The van der Waals surface area contributed by atoms with Crippen molar-refractivity contribution >= 4 is 11.5 Å². The van der Waals surface area contributed by atoms with Crippen LogP contribution in [-0.2, 0) is 0 Å². The number of para-hydroxylation sites is 1. The van der Waals surface area contributed by atoms with Crippen molar-refractivity contribution < 1.29 is 4.74 Å². The van der Waals surface area contributed by atoms with Gasteiger partial charge >= 0.3 is 0 Å². The highest BCUT2D eigenvalue weighted by atomic mass is 32.1. The fourth-order valence-electron chi connectivity index (χ4n) is 2.75. The minimum absolute atomic E-state index is 0.0890. The van der Waals surface area contributed by atoms with Gasteiger partial charge in [0.1, 0.15) is 5.75 Å². The average Bonchev–Trinajstić information content (AvgIpc) is 2.91. The van der Waals surface area contributed by atoms with E-state index in [9.17, 15) is 0 Å². The highest BCUT2D eigenvalue weighted by Gasteiger charge is 2.26. The van der Waals surface area contributed by atoms with Crippen molar-refractivity contribution in [3.8, 4) is 5.75 Å². The summed E-state index contributed by atoms with van der Waals surface area (Å²) in [6.07, 6.45) is 1.95. The number of hydrogen-bond acceptors (Lipinski definition) is 6. The topological polar surface area (TPSA) is 73.1 Å². The summed E-state index contributed by atoms with van der Waals surface area (Å²) in [6.45, 7) is 2.74. The molecule has 3 rings (SSSR count). The third-order valence-electron chi connectivity index (χ3n) is 3.81. The molecule has 0 saturated carbocycles. The molecule has 20 heavy (non-hydrogen) atoms. The third kappa shape index (κ3) is 2.54. The quantitative estimate of drug-likeness (QED) is 0.668. The molecule has 2 heterocycles. The van der Waals surface area contributed by atoms with Gasteiger partial charge in [-0.1, -0.05) is 22.7 Å². The number of rotatable bonds is 4. The Morgan fingerprint density at radius 2 is 2.35 bits per heavy atom. The maximum absolute atomic E-state index is 5.74. The van der Waals surface area contributed by atoms with Crippen molar-refractivity contribution in [1.82, 2.24) is 15.0 Å². The van der Waals surface area contributed by atoms with E-state index in [2.05, 4.69) is 27.1 Å². The van der Waals surface area contributed by atoms with Crippen LogP contribution >= 0.6 is 11.5 Å². The van der Waals surface area contributed by atoms with Gasteiger partial charge in [-0.2, -0.15) is 0 Å². The smallest absolute Gasteiger partial charge is 0.122 e. The van der Waals surface area contributed by atoms with E-state index in [0.29, 0.717) is 5.92 Å². The lowest BCUT2D eigenvalue weighted by Crippen LogP contribution is -2.30. The molecule has 1 aromatic carbocycles. The second kappa shape index (κ2) is 5.87. The van der Waals surface area contributed by atoms with E-state index in [4.69, 9.17) is 10.6 Å². The van der Waals surface area contributed by atoms with E-state index in [1.54, 1.807) is 0 Å². The highest BCUT2D eigenvalue weighted by Crippen LogP contribution is 2.39. The first-order chi connectivity index (χ1) is 9.79. The zero-order valence-corrected chi connectivity index (χ0v) is 12.2. The summed E-state index contributed by atoms with van der Waals surface area (Å²) in [7, 11) is 0. The summed E-state index contributed by atoms with van der Waals surface area (Å²) in [5.74, 6) is 7.19. The fraction of sp³-hybridized carbons (Fsp3) is 0.429. The summed E-state index contributed by atoms with van der Waals surface area (Å²) in [4.78, 5) is 1.12. The normalized spacial score (nSPS) is 19.2. The van der Waals surface area contributed by atoms with E-state index in [1.165, 1.54) is 17.1 Å². The number of aryl methyl sites for hydroxylation is 1. The summed E-state index contributed by atoms with van der Waals surface area (Å²) in [5.41, 5.74) is 5.14. The number of hydrogen-bond donors (Lipinski definition) is 2. The van der Waals surface area contributed by atoms with E-state index >= 15 is 0 Å². The van der Waals surface area contributed by atoms with Crippen molar-refractivity contribution in [1.29, 1.82) is 0 Å². The average molecular weight is 290 g/mol. The lowest BCUT2D eigenvalue weighted by Gasteiger charge is -2.28. The zero-order chi connectivity index (χ0) is 13.9. The van der Waals surface area contributed by atoms with Gasteiger partial charge in [0.2, 0.25) is 0 Å². The number of aromatic nitrogens is 2. The SMILES string of the molecule is Cc1nnsc1C(CC1CCOc2ccccc21)NN. The van der Waals surface area contributed by atoms with Crippen LogP contribution in [0.1, 0.15) is 40.9 Å². The number of ether oxygens (including phenoxy) is 1. The van der Waals surface area contributed by atoms with Crippen molar-refractivity contribution in [2.45, 2.75) is 31.7 Å². The Balaban J connectivity index is 1.82.